The Kier molecular flexibility index (Phi) is 3.92. The average Bonchev–Trinajstić information content (AvgIpc) is 2.92. The van der Waals surface area contributed by atoms with Gasteiger partial charge in [-0.25, -0.2) is 9.18 Å². The van der Waals surface area contributed by atoms with Gasteiger partial charge in [0.05, 0.1) is 6.26 Å². The van der Waals surface area contributed by atoms with Crippen LogP contribution in [0.2, 0.25) is 0 Å². The number of hydrogen-bond acceptors (Lipinski definition) is 3. The maximum absolute atomic E-state index is 12.7. The first-order valence-electron chi connectivity index (χ1n) is 5.52. The van der Waals surface area contributed by atoms with Crippen molar-refractivity contribution in [1.82, 2.24) is 10.6 Å². The fraction of sp³-hybridized carbons (Fsp3) is 0.0769. The lowest BCUT2D eigenvalue weighted by Gasteiger charge is -2.05. The van der Waals surface area contributed by atoms with Crippen LogP contribution in [0.5, 0.6) is 0 Å². The van der Waals surface area contributed by atoms with E-state index in [0.717, 1.165) is 5.56 Å². The minimum Gasteiger partial charge on any atom is -0.459 e. The normalized spacial score (nSPS) is 9.95. The fourth-order valence-electron chi connectivity index (χ4n) is 1.40. The number of benzene rings is 1. The molecule has 1 aromatic carbocycles. The van der Waals surface area contributed by atoms with Gasteiger partial charge >= 0.3 is 6.03 Å². The average molecular weight is 262 g/mol. The second-order valence-electron chi connectivity index (χ2n) is 3.74. The SMILES string of the molecule is O=C(NCc1ccc(F)cc1)NC(=O)c1ccco1. The van der Waals surface area contributed by atoms with Gasteiger partial charge < -0.3 is 9.73 Å². The molecule has 98 valence electrons. The van der Waals surface area contributed by atoms with Crippen LogP contribution in [0, 0.1) is 5.82 Å². The van der Waals surface area contributed by atoms with Gasteiger partial charge in [-0.1, -0.05) is 12.1 Å². The second kappa shape index (κ2) is 5.81. The summed E-state index contributed by atoms with van der Waals surface area (Å²) in [5, 5.41) is 4.58. The molecule has 2 aromatic rings. The van der Waals surface area contributed by atoms with E-state index in [1.165, 1.54) is 24.5 Å². The molecule has 0 radical (unpaired) electrons. The topological polar surface area (TPSA) is 71.3 Å². The van der Waals surface area contributed by atoms with E-state index in [2.05, 4.69) is 10.6 Å². The van der Waals surface area contributed by atoms with Crippen LogP contribution in [-0.2, 0) is 6.54 Å². The first-order chi connectivity index (χ1) is 9.15. The van der Waals surface area contributed by atoms with Gasteiger partial charge in [-0.05, 0) is 29.8 Å². The number of halogens is 1. The molecule has 3 amide bonds. The molecule has 0 unspecified atom stereocenters. The highest BCUT2D eigenvalue weighted by Crippen LogP contribution is 2.02. The Balaban J connectivity index is 1.82. The van der Waals surface area contributed by atoms with Gasteiger partial charge in [-0.2, -0.15) is 0 Å². The third kappa shape index (κ3) is 3.67. The van der Waals surface area contributed by atoms with Crippen molar-refractivity contribution in [3.63, 3.8) is 0 Å². The number of carbonyl (C=O) groups is 2. The zero-order chi connectivity index (χ0) is 13.7. The summed E-state index contributed by atoms with van der Waals surface area (Å²) in [6, 6.07) is 8.03. The molecule has 2 N–H and O–H groups in total. The van der Waals surface area contributed by atoms with Crippen LogP contribution in [-0.4, -0.2) is 11.9 Å². The third-order valence-electron chi connectivity index (χ3n) is 2.34. The van der Waals surface area contributed by atoms with Crippen molar-refractivity contribution in [3.05, 3.63) is 59.8 Å². The van der Waals surface area contributed by atoms with E-state index in [4.69, 9.17) is 4.42 Å². The van der Waals surface area contributed by atoms with Crippen molar-refractivity contribution in [1.29, 1.82) is 0 Å². The van der Waals surface area contributed by atoms with Gasteiger partial charge in [0.1, 0.15) is 5.82 Å². The highest BCUT2D eigenvalue weighted by atomic mass is 19.1. The number of nitrogens with one attached hydrogen (secondary N) is 2. The Morgan fingerprint density at radius 1 is 1.16 bits per heavy atom. The Bertz CT molecular complexity index is 564. The Morgan fingerprint density at radius 3 is 2.53 bits per heavy atom. The third-order valence-corrected chi connectivity index (χ3v) is 2.34. The summed E-state index contributed by atoms with van der Waals surface area (Å²) in [6.07, 6.45) is 1.34. The molecule has 0 aliphatic rings. The first-order valence-corrected chi connectivity index (χ1v) is 5.52. The van der Waals surface area contributed by atoms with E-state index in [1.807, 2.05) is 0 Å². The summed E-state index contributed by atoms with van der Waals surface area (Å²) < 4.78 is 17.5. The molecular formula is C13H11FN2O3. The second-order valence-corrected chi connectivity index (χ2v) is 3.74. The molecule has 0 saturated carbocycles. The predicted molar refractivity (Wildman–Crippen MR) is 64.8 cm³/mol. The van der Waals surface area contributed by atoms with Crippen molar-refractivity contribution in [2.75, 3.05) is 0 Å². The highest BCUT2D eigenvalue weighted by molar-refractivity contribution is 6.02. The van der Waals surface area contributed by atoms with Crippen molar-refractivity contribution in [2.45, 2.75) is 6.54 Å². The van der Waals surface area contributed by atoms with Crippen molar-refractivity contribution in [2.24, 2.45) is 0 Å². The number of hydrogen-bond donors (Lipinski definition) is 2. The van der Waals surface area contributed by atoms with Crippen LogP contribution in [0.25, 0.3) is 0 Å². The van der Waals surface area contributed by atoms with E-state index >= 15 is 0 Å². The largest absolute Gasteiger partial charge is 0.459 e. The minimum atomic E-state index is -0.647. The fourth-order valence-corrected chi connectivity index (χ4v) is 1.40. The monoisotopic (exact) mass is 262 g/mol. The van der Waals surface area contributed by atoms with Crippen molar-refractivity contribution in [3.8, 4) is 0 Å². The molecule has 0 aliphatic carbocycles. The molecule has 0 spiro atoms. The standard InChI is InChI=1S/C13H11FN2O3/c14-10-5-3-9(4-6-10)8-15-13(18)16-12(17)11-2-1-7-19-11/h1-7H,8H2,(H2,15,16,17,18). The summed E-state index contributed by atoms with van der Waals surface area (Å²) in [6.45, 7) is 0.192. The molecule has 0 saturated heterocycles. The van der Waals surface area contributed by atoms with Crippen LogP contribution in [0.15, 0.2) is 47.1 Å². The van der Waals surface area contributed by atoms with Gasteiger partial charge in [0.25, 0.3) is 5.91 Å². The van der Waals surface area contributed by atoms with Gasteiger partial charge in [0.15, 0.2) is 5.76 Å². The number of urea groups is 1. The summed E-state index contributed by atoms with van der Waals surface area (Å²) in [5.74, 6) is -0.917. The van der Waals surface area contributed by atoms with Crippen LogP contribution in [0.3, 0.4) is 0 Å². The van der Waals surface area contributed by atoms with Gasteiger partial charge in [0, 0.05) is 6.54 Å². The lowest BCUT2D eigenvalue weighted by Crippen LogP contribution is -2.38. The van der Waals surface area contributed by atoms with Crippen LogP contribution in [0.4, 0.5) is 9.18 Å². The lowest BCUT2D eigenvalue weighted by atomic mass is 10.2. The summed E-state index contributed by atoms with van der Waals surface area (Å²) in [5.41, 5.74) is 0.724. The molecule has 5 nitrogen and oxygen atoms in total. The number of amides is 3. The smallest absolute Gasteiger partial charge is 0.322 e. The molecule has 0 fully saturated rings. The number of furan rings is 1. The van der Waals surface area contributed by atoms with Gasteiger partial charge in [-0.15, -0.1) is 0 Å². The van der Waals surface area contributed by atoms with E-state index in [0.29, 0.717) is 0 Å². The molecule has 1 aromatic heterocycles. The van der Waals surface area contributed by atoms with Crippen molar-refractivity contribution < 1.29 is 18.4 Å². The van der Waals surface area contributed by atoms with Crippen LogP contribution < -0.4 is 10.6 Å². The van der Waals surface area contributed by atoms with Crippen LogP contribution >= 0.6 is 0 Å². The first kappa shape index (κ1) is 12.8. The Hall–Kier alpha value is -2.63. The lowest BCUT2D eigenvalue weighted by molar-refractivity contribution is 0.0936. The molecule has 1 heterocycles. The molecule has 19 heavy (non-hydrogen) atoms. The van der Waals surface area contributed by atoms with E-state index in [1.54, 1.807) is 18.2 Å². The molecule has 2 rings (SSSR count). The van der Waals surface area contributed by atoms with Gasteiger partial charge in [-0.3, -0.25) is 10.1 Å². The number of carbonyl (C=O) groups excluding carboxylic acids is 2. The molecule has 0 aliphatic heterocycles. The van der Waals surface area contributed by atoms with Gasteiger partial charge in [0.2, 0.25) is 0 Å². The Labute approximate surface area is 108 Å². The number of rotatable bonds is 3. The quantitative estimate of drug-likeness (QED) is 0.889. The molecule has 6 heteroatoms. The minimum absolute atomic E-state index is 0.0527. The summed E-state index contributed by atoms with van der Waals surface area (Å²) in [7, 11) is 0. The zero-order valence-corrected chi connectivity index (χ0v) is 9.85. The zero-order valence-electron chi connectivity index (χ0n) is 9.85. The summed E-state index contributed by atoms with van der Waals surface area (Å²) in [4.78, 5) is 22.9. The van der Waals surface area contributed by atoms with E-state index in [9.17, 15) is 14.0 Å². The van der Waals surface area contributed by atoms with Crippen molar-refractivity contribution >= 4 is 11.9 Å². The molecule has 0 atom stereocenters. The maximum atomic E-state index is 12.7. The maximum Gasteiger partial charge on any atom is 0.322 e. The molecule has 0 bridgehead atoms. The predicted octanol–water partition coefficient (Wildman–Crippen LogP) is 2.06. The number of imide groups is 1. The van der Waals surface area contributed by atoms with Crippen LogP contribution in [0.1, 0.15) is 16.1 Å². The highest BCUT2D eigenvalue weighted by Gasteiger charge is 2.11. The Morgan fingerprint density at radius 2 is 1.89 bits per heavy atom. The summed E-state index contributed by atoms with van der Waals surface area (Å²) >= 11 is 0. The van der Waals surface area contributed by atoms with E-state index in [-0.39, 0.29) is 18.1 Å². The van der Waals surface area contributed by atoms with E-state index < -0.39 is 11.9 Å². The molecular weight excluding hydrogens is 251 g/mol.